The van der Waals surface area contributed by atoms with Crippen molar-refractivity contribution in [3.63, 3.8) is 0 Å². The predicted octanol–water partition coefficient (Wildman–Crippen LogP) is 4.46. The summed E-state index contributed by atoms with van der Waals surface area (Å²) >= 11 is 5.14. The minimum absolute atomic E-state index is 0.112. The summed E-state index contributed by atoms with van der Waals surface area (Å²) in [6, 6.07) is 14.1. The van der Waals surface area contributed by atoms with Crippen LogP contribution in [-0.2, 0) is 17.8 Å². The molecule has 0 atom stereocenters. The minimum Gasteiger partial charge on any atom is -0.316 e. The molecule has 0 N–H and O–H groups in total. The van der Waals surface area contributed by atoms with Gasteiger partial charge in [-0.2, -0.15) is 4.99 Å². The van der Waals surface area contributed by atoms with Gasteiger partial charge in [-0.1, -0.05) is 47.2 Å². The van der Waals surface area contributed by atoms with Gasteiger partial charge in [-0.05, 0) is 47.5 Å². The molecule has 3 nitrogen and oxygen atoms in total. The fourth-order valence-electron chi connectivity index (χ4n) is 2.49. The van der Waals surface area contributed by atoms with Crippen molar-refractivity contribution in [1.29, 1.82) is 0 Å². The SMILES string of the molecule is CCn1c(=NC(=O)Cc2ccc(C)cc2)sc2cccc(Br)c21. The number of nitrogens with zero attached hydrogens (tertiary/aromatic N) is 2. The Labute approximate surface area is 147 Å². The van der Waals surface area contributed by atoms with Crippen molar-refractivity contribution in [3.05, 3.63) is 62.9 Å². The van der Waals surface area contributed by atoms with E-state index in [4.69, 9.17) is 0 Å². The van der Waals surface area contributed by atoms with Crippen LogP contribution in [0.25, 0.3) is 10.2 Å². The van der Waals surface area contributed by atoms with Crippen molar-refractivity contribution >= 4 is 43.4 Å². The number of fused-ring (bicyclic) bond motifs is 1. The molecular weight excluding hydrogens is 372 g/mol. The van der Waals surface area contributed by atoms with E-state index < -0.39 is 0 Å². The molecule has 3 rings (SSSR count). The Kier molecular flexibility index (Phi) is 4.78. The number of carbonyl (C=O) groups is 1. The largest absolute Gasteiger partial charge is 0.316 e. The first-order chi connectivity index (χ1) is 11.1. The first-order valence-corrected chi connectivity index (χ1v) is 9.10. The van der Waals surface area contributed by atoms with Crippen molar-refractivity contribution in [2.45, 2.75) is 26.8 Å². The minimum atomic E-state index is -0.112. The number of benzene rings is 2. The van der Waals surface area contributed by atoms with E-state index in [0.29, 0.717) is 6.42 Å². The number of rotatable bonds is 3. The molecule has 0 fully saturated rings. The standard InChI is InChI=1S/C18H17BrN2OS/c1-3-21-17-14(19)5-4-6-15(17)23-18(21)20-16(22)11-13-9-7-12(2)8-10-13/h4-10H,3,11H2,1-2H3. The van der Waals surface area contributed by atoms with Crippen molar-refractivity contribution in [1.82, 2.24) is 4.57 Å². The van der Waals surface area contributed by atoms with Gasteiger partial charge in [0.05, 0.1) is 16.6 Å². The molecule has 0 radical (unpaired) electrons. The molecule has 0 bridgehead atoms. The van der Waals surface area contributed by atoms with Gasteiger partial charge in [-0.3, -0.25) is 4.79 Å². The summed E-state index contributed by atoms with van der Waals surface area (Å²) < 4.78 is 4.24. The Morgan fingerprint density at radius 3 is 2.65 bits per heavy atom. The first-order valence-electron chi connectivity index (χ1n) is 7.49. The van der Waals surface area contributed by atoms with Gasteiger partial charge in [0.2, 0.25) is 0 Å². The van der Waals surface area contributed by atoms with Crippen molar-refractivity contribution in [2.75, 3.05) is 0 Å². The van der Waals surface area contributed by atoms with Gasteiger partial charge in [-0.25, -0.2) is 0 Å². The van der Waals surface area contributed by atoms with Crippen molar-refractivity contribution < 1.29 is 4.79 Å². The molecule has 0 saturated carbocycles. The summed E-state index contributed by atoms with van der Waals surface area (Å²) in [5.41, 5.74) is 3.29. The van der Waals surface area contributed by atoms with Crippen LogP contribution in [0.4, 0.5) is 0 Å². The zero-order chi connectivity index (χ0) is 16.4. The summed E-state index contributed by atoms with van der Waals surface area (Å²) in [7, 11) is 0. The highest BCUT2D eigenvalue weighted by atomic mass is 79.9. The fraction of sp³-hybridized carbons (Fsp3) is 0.222. The average molecular weight is 389 g/mol. The monoisotopic (exact) mass is 388 g/mol. The Bertz CT molecular complexity index is 922. The molecule has 0 aliphatic heterocycles. The van der Waals surface area contributed by atoms with E-state index in [1.165, 1.54) is 5.56 Å². The third-order valence-corrected chi connectivity index (χ3v) is 5.35. The number of thiazole rings is 1. The number of para-hydroxylation sites is 1. The molecule has 1 heterocycles. The van der Waals surface area contributed by atoms with E-state index in [9.17, 15) is 4.79 Å². The Morgan fingerprint density at radius 1 is 1.22 bits per heavy atom. The number of hydrogen-bond acceptors (Lipinski definition) is 2. The highest BCUT2D eigenvalue weighted by molar-refractivity contribution is 9.10. The van der Waals surface area contributed by atoms with Crippen LogP contribution in [0.15, 0.2) is 51.9 Å². The maximum absolute atomic E-state index is 12.3. The molecule has 5 heteroatoms. The molecule has 0 aliphatic rings. The molecule has 0 saturated heterocycles. The summed E-state index contributed by atoms with van der Waals surface area (Å²) in [4.78, 5) is 17.4. The van der Waals surface area contributed by atoms with E-state index in [1.54, 1.807) is 11.3 Å². The van der Waals surface area contributed by atoms with E-state index in [1.807, 2.05) is 43.3 Å². The predicted molar refractivity (Wildman–Crippen MR) is 98.6 cm³/mol. The van der Waals surface area contributed by atoms with Crippen LogP contribution in [0.1, 0.15) is 18.1 Å². The Hall–Kier alpha value is -1.72. The quantitative estimate of drug-likeness (QED) is 0.651. The van der Waals surface area contributed by atoms with Gasteiger partial charge in [0.25, 0.3) is 5.91 Å². The van der Waals surface area contributed by atoms with Crippen LogP contribution < -0.4 is 4.80 Å². The van der Waals surface area contributed by atoms with Crippen molar-refractivity contribution in [2.24, 2.45) is 4.99 Å². The molecular formula is C18H17BrN2OS. The van der Waals surface area contributed by atoms with Crippen LogP contribution in [0.3, 0.4) is 0 Å². The summed E-state index contributed by atoms with van der Waals surface area (Å²) in [6.07, 6.45) is 0.333. The van der Waals surface area contributed by atoms with Crippen molar-refractivity contribution in [3.8, 4) is 0 Å². The molecule has 23 heavy (non-hydrogen) atoms. The van der Waals surface area contributed by atoms with E-state index >= 15 is 0 Å². The lowest BCUT2D eigenvalue weighted by Crippen LogP contribution is -2.16. The molecule has 3 aromatic rings. The highest BCUT2D eigenvalue weighted by Gasteiger charge is 2.09. The molecule has 1 aromatic heterocycles. The van der Waals surface area contributed by atoms with Crippen LogP contribution >= 0.6 is 27.3 Å². The van der Waals surface area contributed by atoms with E-state index in [-0.39, 0.29) is 5.91 Å². The lowest BCUT2D eigenvalue weighted by Gasteiger charge is -2.02. The summed E-state index contributed by atoms with van der Waals surface area (Å²) in [5.74, 6) is -0.112. The Morgan fingerprint density at radius 2 is 1.96 bits per heavy atom. The third kappa shape index (κ3) is 3.46. The number of carbonyl (C=O) groups excluding carboxylic acids is 1. The number of halogens is 1. The van der Waals surface area contributed by atoms with Gasteiger partial charge >= 0.3 is 0 Å². The number of aromatic nitrogens is 1. The van der Waals surface area contributed by atoms with Crippen LogP contribution in [0.5, 0.6) is 0 Å². The van der Waals surface area contributed by atoms with E-state index in [0.717, 1.165) is 31.6 Å². The normalized spacial score (nSPS) is 12.0. The first kappa shape index (κ1) is 16.1. The number of aryl methyl sites for hydroxylation is 2. The van der Waals surface area contributed by atoms with Crippen LogP contribution in [-0.4, -0.2) is 10.5 Å². The molecule has 0 aliphatic carbocycles. The topological polar surface area (TPSA) is 34.4 Å². The van der Waals surface area contributed by atoms with Crippen LogP contribution in [0, 0.1) is 6.92 Å². The maximum Gasteiger partial charge on any atom is 0.252 e. The van der Waals surface area contributed by atoms with Gasteiger partial charge in [0.15, 0.2) is 4.80 Å². The zero-order valence-electron chi connectivity index (χ0n) is 13.0. The highest BCUT2D eigenvalue weighted by Crippen LogP contribution is 2.25. The fourth-order valence-corrected chi connectivity index (χ4v) is 4.34. The molecule has 118 valence electrons. The van der Waals surface area contributed by atoms with Gasteiger partial charge in [-0.15, -0.1) is 0 Å². The smallest absolute Gasteiger partial charge is 0.252 e. The summed E-state index contributed by atoms with van der Waals surface area (Å²) in [6.45, 7) is 4.88. The maximum atomic E-state index is 12.3. The lowest BCUT2D eigenvalue weighted by molar-refractivity contribution is -0.117. The second kappa shape index (κ2) is 6.81. The van der Waals surface area contributed by atoms with E-state index in [2.05, 4.69) is 38.5 Å². The average Bonchev–Trinajstić information content (AvgIpc) is 2.88. The number of amides is 1. The van der Waals surface area contributed by atoms with Crippen LogP contribution in [0.2, 0.25) is 0 Å². The molecule has 1 amide bonds. The Balaban J connectivity index is 1.98. The van der Waals surface area contributed by atoms with Gasteiger partial charge in [0, 0.05) is 11.0 Å². The second-order valence-electron chi connectivity index (χ2n) is 5.38. The van der Waals surface area contributed by atoms with Gasteiger partial charge < -0.3 is 4.57 Å². The number of hydrogen-bond donors (Lipinski definition) is 0. The lowest BCUT2D eigenvalue weighted by atomic mass is 10.1. The third-order valence-electron chi connectivity index (χ3n) is 3.66. The van der Waals surface area contributed by atoms with Gasteiger partial charge in [0.1, 0.15) is 0 Å². The summed E-state index contributed by atoms with van der Waals surface area (Å²) in [5, 5.41) is 0. The zero-order valence-corrected chi connectivity index (χ0v) is 15.4. The second-order valence-corrected chi connectivity index (χ2v) is 7.25. The molecule has 0 spiro atoms. The molecule has 2 aromatic carbocycles. The molecule has 0 unspecified atom stereocenters.